The monoisotopic (exact) mass is 729 g/mol. The van der Waals surface area contributed by atoms with Gasteiger partial charge in [0, 0.05) is 77.8 Å². The third-order valence-corrected chi connectivity index (χ3v) is 12.3. The van der Waals surface area contributed by atoms with Crippen molar-refractivity contribution in [2.24, 2.45) is 5.41 Å². The summed E-state index contributed by atoms with van der Waals surface area (Å²) in [5.74, 6) is 0.746. The predicted octanol–water partition coefficient (Wildman–Crippen LogP) is 8.60. The minimum atomic E-state index is -0.276. The smallest absolute Gasteiger partial charge is 0.265 e. The Morgan fingerprint density at radius 3 is 2.63 bits per heavy atom. The summed E-state index contributed by atoms with van der Waals surface area (Å²) in [4.78, 5) is 27.0. The Hall–Kier alpha value is -4.77. The average Bonchev–Trinajstić information content (AvgIpc) is 3.60. The Kier molecular flexibility index (Phi) is 8.69. The van der Waals surface area contributed by atoms with Crippen molar-refractivity contribution in [1.29, 1.82) is 5.41 Å². The standard InChI is InChI=1S/C41H40ClN7O2S/c42-29-4-2-26(3-5-29)34-22-41(10-1-11-41)12-8-28(34)25-48-14-16-49(17-15-48)30-6-7-33(38(19-30)51-31-18-27-9-13-44-39(27)46-23-31)40(50)47-52-32-20-36(43)35-24-45-37(35)21-32/h2-7,9,13,18-21,23-24,43,45H,1,8,10-12,14-17,22,25H2,(H,44,46)(H,47,50). The van der Waals surface area contributed by atoms with E-state index >= 15 is 0 Å². The van der Waals surface area contributed by atoms with Crippen molar-refractivity contribution < 1.29 is 9.53 Å². The van der Waals surface area contributed by atoms with Gasteiger partial charge in [-0.2, -0.15) is 0 Å². The van der Waals surface area contributed by atoms with Crippen LogP contribution in [0.1, 0.15) is 54.4 Å². The third-order valence-electron chi connectivity index (χ3n) is 11.3. The molecule has 1 saturated heterocycles. The number of piperazine rings is 1. The van der Waals surface area contributed by atoms with E-state index in [4.69, 9.17) is 21.7 Å². The van der Waals surface area contributed by atoms with Crippen molar-refractivity contribution in [3.05, 3.63) is 123 Å². The van der Waals surface area contributed by atoms with Crippen LogP contribution in [0.4, 0.5) is 5.69 Å². The predicted molar refractivity (Wildman–Crippen MR) is 210 cm³/mol. The third kappa shape index (κ3) is 6.55. The normalized spacial score (nSPS) is 19.6. The fourth-order valence-corrected chi connectivity index (χ4v) is 8.90. The van der Waals surface area contributed by atoms with Crippen LogP contribution in [0.25, 0.3) is 16.6 Å². The van der Waals surface area contributed by atoms with Crippen molar-refractivity contribution in [3.63, 3.8) is 0 Å². The maximum atomic E-state index is 13.6. The van der Waals surface area contributed by atoms with Crippen LogP contribution < -0.4 is 19.7 Å². The maximum absolute atomic E-state index is 13.6. The van der Waals surface area contributed by atoms with Crippen LogP contribution in [-0.4, -0.2) is 59.2 Å². The lowest BCUT2D eigenvalue weighted by Gasteiger charge is -2.47. The number of allylic oxidation sites excluding steroid dienone is 4. The summed E-state index contributed by atoms with van der Waals surface area (Å²) in [6.45, 7) is 4.67. The lowest BCUT2D eigenvalue weighted by Crippen LogP contribution is -2.47. The molecule has 9 nitrogen and oxygen atoms in total. The molecule has 4 aromatic rings. The van der Waals surface area contributed by atoms with E-state index in [1.165, 1.54) is 56.0 Å². The molecule has 2 aromatic heterocycles. The number of benzene rings is 2. The van der Waals surface area contributed by atoms with Gasteiger partial charge < -0.3 is 25.3 Å². The summed E-state index contributed by atoms with van der Waals surface area (Å²) in [6.07, 6.45) is 16.8. The molecule has 2 fully saturated rings. The Morgan fingerprint density at radius 1 is 1.04 bits per heavy atom. The fourth-order valence-electron chi connectivity index (χ4n) is 8.10. The van der Waals surface area contributed by atoms with Crippen LogP contribution in [-0.2, 0) is 0 Å². The minimum Gasteiger partial charge on any atom is -0.455 e. The van der Waals surface area contributed by atoms with Gasteiger partial charge in [0.2, 0.25) is 0 Å². The molecule has 4 heterocycles. The highest BCUT2D eigenvalue weighted by Crippen LogP contribution is 2.55. The quantitative estimate of drug-likeness (QED) is 0.128. The molecule has 2 aromatic carbocycles. The number of H-pyrrole nitrogens is 1. The summed E-state index contributed by atoms with van der Waals surface area (Å²) in [6, 6.07) is 18.2. The number of pyridine rings is 1. The van der Waals surface area contributed by atoms with E-state index in [-0.39, 0.29) is 5.91 Å². The first-order chi connectivity index (χ1) is 25.4. The lowest BCUT2D eigenvalue weighted by molar-refractivity contribution is 0.0982. The number of fused-ring (bicyclic) bond motifs is 2. The second-order valence-electron chi connectivity index (χ2n) is 14.5. The van der Waals surface area contributed by atoms with Crippen molar-refractivity contribution in [1.82, 2.24) is 24.9 Å². The first-order valence-corrected chi connectivity index (χ1v) is 19.2. The number of anilines is 1. The van der Waals surface area contributed by atoms with E-state index in [9.17, 15) is 4.79 Å². The van der Waals surface area contributed by atoms with E-state index < -0.39 is 0 Å². The van der Waals surface area contributed by atoms with Crippen molar-refractivity contribution in [2.45, 2.75) is 38.5 Å². The number of amides is 1. The Morgan fingerprint density at radius 2 is 1.88 bits per heavy atom. The molecule has 0 radical (unpaired) electrons. The van der Waals surface area contributed by atoms with E-state index in [0.717, 1.165) is 70.6 Å². The zero-order valence-corrected chi connectivity index (χ0v) is 30.4. The number of aromatic amines is 1. The van der Waals surface area contributed by atoms with Gasteiger partial charge in [-0.3, -0.25) is 14.4 Å². The highest BCUT2D eigenvalue weighted by molar-refractivity contribution is 8.02. The topological polar surface area (TPSA) is 109 Å². The first kappa shape index (κ1) is 33.1. The summed E-state index contributed by atoms with van der Waals surface area (Å²) in [5, 5.41) is 13.1. The summed E-state index contributed by atoms with van der Waals surface area (Å²) in [7, 11) is 0. The highest BCUT2D eigenvalue weighted by atomic mass is 35.5. The largest absolute Gasteiger partial charge is 0.455 e. The molecule has 4 N–H and O–H groups in total. The molecule has 0 atom stereocenters. The highest BCUT2D eigenvalue weighted by Gasteiger charge is 2.41. The molecule has 1 saturated carbocycles. The number of nitrogens with one attached hydrogen (secondary N) is 4. The Bertz CT molecular complexity index is 2210. The summed E-state index contributed by atoms with van der Waals surface area (Å²) >= 11 is 7.47. The van der Waals surface area contributed by atoms with E-state index in [1.807, 2.05) is 60.9 Å². The molecule has 11 heteroatoms. The van der Waals surface area contributed by atoms with Crippen LogP contribution in [0.3, 0.4) is 0 Å². The molecule has 5 aliphatic rings. The van der Waals surface area contributed by atoms with Gasteiger partial charge in [0.05, 0.1) is 23.2 Å². The van der Waals surface area contributed by atoms with Crippen LogP contribution in [0, 0.1) is 10.8 Å². The number of nitrogens with zero attached hydrogens (tertiary/aromatic N) is 3. The van der Waals surface area contributed by atoms with E-state index in [2.05, 4.69) is 41.9 Å². The number of carbonyl (C=O) groups is 1. The zero-order chi connectivity index (χ0) is 35.2. The lowest BCUT2D eigenvalue weighted by atomic mass is 9.59. The van der Waals surface area contributed by atoms with Crippen LogP contribution >= 0.6 is 23.5 Å². The molecule has 2 aliphatic heterocycles. The van der Waals surface area contributed by atoms with Crippen LogP contribution in [0.5, 0.6) is 11.5 Å². The molecule has 3 aliphatic carbocycles. The van der Waals surface area contributed by atoms with Crippen molar-refractivity contribution >= 4 is 57.5 Å². The number of ether oxygens (including phenoxy) is 1. The Labute approximate surface area is 312 Å². The molecule has 0 bridgehead atoms. The van der Waals surface area contributed by atoms with Gasteiger partial charge in [-0.15, -0.1) is 0 Å². The van der Waals surface area contributed by atoms with Gasteiger partial charge in [0.25, 0.3) is 5.91 Å². The molecule has 9 rings (SSSR count). The number of hydrogen-bond donors (Lipinski definition) is 4. The number of halogens is 1. The number of carbonyl (C=O) groups excluding carboxylic acids is 1. The number of rotatable bonds is 9. The molecule has 1 amide bonds. The van der Waals surface area contributed by atoms with Crippen LogP contribution in [0.15, 0.2) is 107 Å². The first-order valence-electron chi connectivity index (χ1n) is 18.0. The minimum absolute atomic E-state index is 0.276. The molecule has 264 valence electrons. The molecular formula is C41H40ClN7O2S. The SMILES string of the molecule is N=C1C=C(SNC(=O)c2ccc(N3CCN(CC4=C(c5ccc(Cl)cc5)CC5(CCC5)CC4)CC3)cc2Oc2cnc3[nH]ccc3c2)C=C2NC=C12. The van der Waals surface area contributed by atoms with Gasteiger partial charge in [-0.1, -0.05) is 35.7 Å². The van der Waals surface area contributed by atoms with Crippen molar-refractivity contribution in [3.8, 4) is 11.5 Å². The molecule has 52 heavy (non-hydrogen) atoms. The second kappa shape index (κ2) is 13.7. The second-order valence-corrected chi connectivity index (χ2v) is 15.8. The van der Waals surface area contributed by atoms with E-state index in [1.54, 1.807) is 23.4 Å². The van der Waals surface area contributed by atoms with Crippen LogP contribution in [0.2, 0.25) is 5.02 Å². The van der Waals surface area contributed by atoms with Gasteiger partial charge in [0.1, 0.15) is 17.1 Å². The average molecular weight is 730 g/mol. The summed E-state index contributed by atoms with van der Waals surface area (Å²) in [5.41, 5.74) is 9.39. The maximum Gasteiger partial charge on any atom is 0.265 e. The molecular weight excluding hydrogens is 690 g/mol. The molecule has 1 spiro atoms. The van der Waals surface area contributed by atoms with Gasteiger partial charge in [0.15, 0.2) is 0 Å². The van der Waals surface area contributed by atoms with E-state index in [0.29, 0.717) is 28.2 Å². The Balaban J connectivity index is 0.917. The number of hydrogen-bond acceptors (Lipinski definition) is 8. The zero-order valence-electron chi connectivity index (χ0n) is 28.8. The van der Waals surface area contributed by atoms with Gasteiger partial charge in [-0.05, 0) is 109 Å². The summed E-state index contributed by atoms with van der Waals surface area (Å²) < 4.78 is 9.39. The van der Waals surface area contributed by atoms with Gasteiger partial charge in [-0.25, -0.2) is 4.98 Å². The van der Waals surface area contributed by atoms with Gasteiger partial charge >= 0.3 is 0 Å². The number of aromatic nitrogens is 2. The molecule has 0 unspecified atom stereocenters. The fraction of sp³-hybridized carbons (Fsp3) is 0.293. The van der Waals surface area contributed by atoms with Crippen molar-refractivity contribution in [2.75, 3.05) is 37.6 Å².